The van der Waals surface area contributed by atoms with Crippen LogP contribution < -0.4 is 5.56 Å². The highest BCUT2D eigenvalue weighted by atomic mass is 35.5. The van der Waals surface area contributed by atoms with Crippen molar-refractivity contribution in [2.45, 2.75) is 0 Å². The molecule has 0 saturated carbocycles. The van der Waals surface area contributed by atoms with E-state index in [4.69, 9.17) is 16.0 Å². The first-order valence-corrected chi connectivity index (χ1v) is 5.72. The molecule has 6 heteroatoms. The number of thiophene rings is 1. The molecule has 16 heavy (non-hydrogen) atoms. The highest BCUT2D eigenvalue weighted by Crippen LogP contribution is 2.31. The van der Waals surface area contributed by atoms with E-state index in [9.17, 15) is 4.79 Å². The average molecular weight is 253 g/mol. The van der Waals surface area contributed by atoms with Gasteiger partial charge in [-0.05, 0) is 23.7 Å². The number of nitrogens with zero attached hydrogens (tertiary/aromatic N) is 1. The largest absolute Gasteiger partial charge is 0.464 e. The van der Waals surface area contributed by atoms with E-state index >= 15 is 0 Å². The third-order valence-electron chi connectivity index (χ3n) is 2.20. The van der Waals surface area contributed by atoms with Crippen LogP contribution in [0.5, 0.6) is 0 Å². The normalized spacial score (nSPS) is 11.1. The average Bonchev–Trinajstić information content (AvgIpc) is 2.82. The minimum Gasteiger partial charge on any atom is -0.464 e. The molecule has 0 atom stereocenters. The van der Waals surface area contributed by atoms with E-state index in [0.717, 1.165) is 5.56 Å². The molecule has 3 rings (SSSR count). The second-order valence-electron chi connectivity index (χ2n) is 3.16. The second kappa shape index (κ2) is 3.47. The summed E-state index contributed by atoms with van der Waals surface area (Å²) in [6.45, 7) is 0. The predicted molar refractivity (Wildman–Crippen MR) is 63.0 cm³/mol. The maximum Gasteiger partial charge on any atom is 0.261 e. The van der Waals surface area contributed by atoms with Crippen LogP contribution in [0.2, 0.25) is 5.28 Å². The summed E-state index contributed by atoms with van der Waals surface area (Å²) in [5.41, 5.74) is 0.498. The molecular formula is C10H5ClN2O2S. The maximum atomic E-state index is 11.8. The van der Waals surface area contributed by atoms with Gasteiger partial charge in [0.05, 0.1) is 11.6 Å². The Morgan fingerprint density at radius 1 is 1.50 bits per heavy atom. The number of furan rings is 1. The SMILES string of the molecule is O=c1[nH]c(Cl)nc2scc(-c3ccco3)c12. The van der Waals surface area contributed by atoms with Crippen LogP contribution in [0.25, 0.3) is 21.5 Å². The molecular weight excluding hydrogens is 248 g/mol. The van der Waals surface area contributed by atoms with Gasteiger partial charge in [-0.3, -0.25) is 9.78 Å². The molecule has 0 aromatic carbocycles. The van der Waals surface area contributed by atoms with Crippen molar-refractivity contribution in [1.82, 2.24) is 9.97 Å². The van der Waals surface area contributed by atoms with E-state index in [1.54, 1.807) is 18.4 Å². The van der Waals surface area contributed by atoms with Crippen molar-refractivity contribution in [2.24, 2.45) is 0 Å². The Kier molecular flexibility index (Phi) is 2.08. The van der Waals surface area contributed by atoms with Gasteiger partial charge in [0.25, 0.3) is 5.56 Å². The molecule has 0 radical (unpaired) electrons. The van der Waals surface area contributed by atoms with Crippen molar-refractivity contribution >= 4 is 33.2 Å². The molecule has 3 heterocycles. The third kappa shape index (κ3) is 1.36. The molecule has 0 spiro atoms. The lowest BCUT2D eigenvalue weighted by Gasteiger charge is -1.94. The van der Waals surface area contributed by atoms with Gasteiger partial charge < -0.3 is 4.42 Å². The maximum absolute atomic E-state index is 11.8. The highest BCUT2D eigenvalue weighted by Gasteiger charge is 2.13. The van der Waals surface area contributed by atoms with Gasteiger partial charge in [0.15, 0.2) is 0 Å². The van der Waals surface area contributed by atoms with Crippen LogP contribution in [0.15, 0.2) is 33.0 Å². The zero-order chi connectivity index (χ0) is 11.1. The summed E-state index contributed by atoms with van der Waals surface area (Å²) in [5.74, 6) is 0.654. The van der Waals surface area contributed by atoms with Gasteiger partial charge in [-0.1, -0.05) is 0 Å². The van der Waals surface area contributed by atoms with E-state index in [0.29, 0.717) is 16.0 Å². The number of hydrogen-bond acceptors (Lipinski definition) is 4. The Morgan fingerprint density at radius 3 is 3.12 bits per heavy atom. The molecule has 0 aliphatic carbocycles. The Hall–Kier alpha value is -1.59. The zero-order valence-corrected chi connectivity index (χ0v) is 9.43. The van der Waals surface area contributed by atoms with Gasteiger partial charge in [-0.2, -0.15) is 0 Å². The molecule has 0 saturated heterocycles. The number of nitrogens with one attached hydrogen (secondary N) is 1. The summed E-state index contributed by atoms with van der Waals surface area (Å²) in [7, 11) is 0. The molecule has 0 aliphatic heterocycles. The van der Waals surface area contributed by atoms with Crippen molar-refractivity contribution in [3.63, 3.8) is 0 Å². The highest BCUT2D eigenvalue weighted by molar-refractivity contribution is 7.17. The summed E-state index contributed by atoms with van der Waals surface area (Å²) in [6, 6.07) is 3.58. The van der Waals surface area contributed by atoms with Crippen LogP contribution in [0, 0.1) is 0 Å². The molecule has 0 bridgehead atoms. The van der Waals surface area contributed by atoms with E-state index in [-0.39, 0.29) is 10.8 Å². The van der Waals surface area contributed by atoms with E-state index < -0.39 is 0 Å². The van der Waals surface area contributed by atoms with Gasteiger partial charge in [-0.25, -0.2) is 4.98 Å². The molecule has 0 fully saturated rings. The van der Waals surface area contributed by atoms with Gasteiger partial charge in [-0.15, -0.1) is 11.3 Å². The minimum atomic E-state index is -0.248. The fraction of sp³-hybridized carbons (Fsp3) is 0. The van der Waals surface area contributed by atoms with Crippen LogP contribution in [0.3, 0.4) is 0 Å². The second-order valence-corrected chi connectivity index (χ2v) is 4.38. The van der Waals surface area contributed by atoms with Crippen LogP contribution >= 0.6 is 22.9 Å². The topological polar surface area (TPSA) is 58.9 Å². The molecule has 0 aliphatic rings. The number of H-pyrrole nitrogens is 1. The number of hydrogen-bond donors (Lipinski definition) is 1. The van der Waals surface area contributed by atoms with Crippen LogP contribution in [0.1, 0.15) is 0 Å². The molecule has 3 aromatic heterocycles. The number of aromatic amines is 1. The van der Waals surface area contributed by atoms with Crippen LogP contribution in [-0.4, -0.2) is 9.97 Å². The standard InChI is InChI=1S/C10H5ClN2O2S/c11-10-12-8(14)7-5(4-16-9(7)13-10)6-2-1-3-15-6/h1-4H,(H,12,13,14). The van der Waals surface area contributed by atoms with Crippen LogP contribution in [-0.2, 0) is 0 Å². The Balaban J connectivity index is 2.41. The van der Waals surface area contributed by atoms with Gasteiger partial charge in [0.2, 0.25) is 5.28 Å². The summed E-state index contributed by atoms with van der Waals surface area (Å²) < 4.78 is 5.26. The number of fused-ring (bicyclic) bond motifs is 1. The fourth-order valence-electron chi connectivity index (χ4n) is 1.54. The molecule has 0 amide bonds. The minimum absolute atomic E-state index is 0.102. The first-order valence-electron chi connectivity index (χ1n) is 4.46. The molecule has 1 N–H and O–H groups in total. The lowest BCUT2D eigenvalue weighted by molar-refractivity contribution is 0.583. The van der Waals surface area contributed by atoms with Gasteiger partial charge in [0, 0.05) is 10.9 Å². The Labute approximate surface area is 98.5 Å². The summed E-state index contributed by atoms with van der Waals surface area (Å²) in [4.78, 5) is 18.9. The first kappa shape index (κ1) is 9.62. The van der Waals surface area contributed by atoms with E-state index in [2.05, 4.69) is 9.97 Å². The van der Waals surface area contributed by atoms with Crippen molar-refractivity contribution < 1.29 is 4.42 Å². The van der Waals surface area contributed by atoms with E-state index in [1.165, 1.54) is 11.3 Å². The molecule has 4 nitrogen and oxygen atoms in total. The van der Waals surface area contributed by atoms with Gasteiger partial charge >= 0.3 is 0 Å². The van der Waals surface area contributed by atoms with Crippen molar-refractivity contribution in [3.8, 4) is 11.3 Å². The predicted octanol–water partition coefficient (Wildman–Crippen LogP) is 2.90. The third-order valence-corrected chi connectivity index (χ3v) is 3.25. The zero-order valence-electron chi connectivity index (χ0n) is 7.86. The molecule has 80 valence electrons. The summed E-state index contributed by atoms with van der Waals surface area (Å²) >= 11 is 7.04. The fourth-order valence-corrected chi connectivity index (χ4v) is 2.68. The molecule has 3 aromatic rings. The quantitative estimate of drug-likeness (QED) is 0.678. The number of halogens is 1. The smallest absolute Gasteiger partial charge is 0.261 e. The number of aromatic nitrogens is 2. The first-order chi connectivity index (χ1) is 7.75. The van der Waals surface area contributed by atoms with Crippen LogP contribution in [0.4, 0.5) is 0 Å². The summed E-state index contributed by atoms with van der Waals surface area (Å²) in [5, 5.41) is 2.46. The Bertz CT molecular complexity index is 699. The van der Waals surface area contributed by atoms with Gasteiger partial charge in [0.1, 0.15) is 10.6 Å². The monoisotopic (exact) mass is 252 g/mol. The Morgan fingerprint density at radius 2 is 2.38 bits per heavy atom. The molecule has 0 unspecified atom stereocenters. The number of rotatable bonds is 1. The van der Waals surface area contributed by atoms with Crippen molar-refractivity contribution in [3.05, 3.63) is 39.4 Å². The van der Waals surface area contributed by atoms with Crippen molar-refractivity contribution in [2.75, 3.05) is 0 Å². The van der Waals surface area contributed by atoms with E-state index in [1.807, 2.05) is 5.38 Å². The summed E-state index contributed by atoms with van der Waals surface area (Å²) in [6.07, 6.45) is 1.57. The lowest BCUT2D eigenvalue weighted by atomic mass is 10.2. The lowest BCUT2D eigenvalue weighted by Crippen LogP contribution is -2.06. The van der Waals surface area contributed by atoms with Crippen molar-refractivity contribution in [1.29, 1.82) is 0 Å².